The van der Waals surface area contributed by atoms with Gasteiger partial charge in [-0.05, 0) is 31.3 Å². The van der Waals surface area contributed by atoms with Crippen LogP contribution >= 0.6 is 0 Å². The molecule has 0 amide bonds. The van der Waals surface area contributed by atoms with Crippen LogP contribution in [0, 0.1) is 0 Å². The lowest BCUT2D eigenvalue weighted by atomic mass is 10.1. The minimum Gasteiger partial charge on any atom is -0.549 e. The highest BCUT2D eigenvalue weighted by atomic mass is 28.4. The fourth-order valence-electron chi connectivity index (χ4n) is 3.65. The number of unbranched alkanes of at least 4 members (excludes halogenated alkanes) is 2. The average molecular weight is 407 g/mol. The number of ether oxygens (including phenoxy) is 2. The van der Waals surface area contributed by atoms with Crippen molar-refractivity contribution in [3.63, 3.8) is 0 Å². The lowest BCUT2D eigenvalue weighted by Crippen LogP contribution is -2.44. The van der Waals surface area contributed by atoms with Gasteiger partial charge in [0, 0.05) is 17.2 Å². The highest BCUT2D eigenvalue weighted by Crippen LogP contribution is 2.44. The molecule has 5 heteroatoms. The molecule has 0 saturated heterocycles. The average Bonchev–Trinajstić information content (AvgIpc) is 3.02. The fraction of sp³-hybridized carbons (Fsp3) is 0.636. The Hall–Kier alpha value is -1.21. The van der Waals surface area contributed by atoms with E-state index >= 15 is 0 Å². The Labute approximate surface area is 168 Å². The van der Waals surface area contributed by atoms with Crippen molar-refractivity contribution in [1.29, 1.82) is 0 Å². The molecule has 0 N–H and O–H groups in total. The minimum absolute atomic E-state index is 0.155. The van der Waals surface area contributed by atoms with Gasteiger partial charge < -0.3 is 13.9 Å². The summed E-state index contributed by atoms with van der Waals surface area (Å²) in [6.07, 6.45) is 7.03. The summed E-state index contributed by atoms with van der Waals surface area (Å²) in [6.45, 7) is 14.0. The maximum atomic E-state index is 6.52. The molecule has 3 nitrogen and oxygen atoms in total. The molecule has 0 aliphatic carbocycles. The highest BCUT2D eigenvalue weighted by molar-refractivity contribution is 6.80. The molecule has 1 heterocycles. The summed E-state index contributed by atoms with van der Waals surface area (Å²) in [6, 6.07) is 8.65. The van der Waals surface area contributed by atoms with Crippen molar-refractivity contribution in [3.8, 4) is 11.5 Å². The Morgan fingerprint density at radius 3 is 2.33 bits per heavy atom. The van der Waals surface area contributed by atoms with Crippen molar-refractivity contribution in [2.45, 2.75) is 83.5 Å². The van der Waals surface area contributed by atoms with Crippen molar-refractivity contribution in [3.05, 3.63) is 30.0 Å². The predicted molar refractivity (Wildman–Crippen MR) is 121 cm³/mol. The van der Waals surface area contributed by atoms with Crippen molar-refractivity contribution in [1.82, 2.24) is 0 Å². The number of fused-ring (bicyclic) bond motifs is 1. The number of rotatable bonds is 10. The molecule has 1 aromatic rings. The first-order valence-electron chi connectivity index (χ1n) is 10.5. The molecule has 0 bridgehead atoms. The van der Waals surface area contributed by atoms with Crippen LogP contribution in [0.2, 0.25) is 38.3 Å². The van der Waals surface area contributed by atoms with E-state index in [0.717, 1.165) is 11.5 Å². The molecule has 1 unspecified atom stereocenters. The summed E-state index contributed by atoms with van der Waals surface area (Å²) in [7, 11) is -1.58. The van der Waals surface area contributed by atoms with Gasteiger partial charge in [0.05, 0.1) is 13.4 Å². The lowest BCUT2D eigenvalue weighted by molar-refractivity contribution is 0.333. The third kappa shape index (κ3) is 5.64. The Kier molecular flexibility index (Phi) is 7.63. The van der Waals surface area contributed by atoms with Gasteiger partial charge in [-0.3, -0.25) is 0 Å². The molecule has 27 heavy (non-hydrogen) atoms. The van der Waals surface area contributed by atoms with Gasteiger partial charge in [-0.1, -0.05) is 58.7 Å². The number of hydrogen-bond donors (Lipinski definition) is 0. The van der Waals surface area contributed by atoms with Crippen molar-refractivity contribution < 1.29 is 13.9 Å². The molecule has 0 fully saturated rings. The zero-order valence-electron chi connectivity index (χ0n) is 18.4. The van der Waals surface area contributed by atoms with Crippen molar-refractivity contribution in [2.24, 2.45) is 0 Å². The third-order valence-electron chi connectivity index (χ3n) is 5.55. The van der Waals surface area contributed by atoms with E-state index in [-0.39, 0.29) is 5.73 Å². The van der Waals surface area contributed by atoms with E-state index in [1.807, 2.05) is 12.1 Å². The van der Waals surface area contributed by atoms with E-state index in [0.29, 0.717) is 0 Å². The zero-order chi connectivity index (χ0) is 20.1. The molecule has 1 aromatic carbocycles. The van der Waals surface area contributed by atoms with Crippen LogP contribution in [0.1, 0.15) is 45.1 Å². The van der Waals surface area contributed by atoms with Crippen LogP contribution in [-0.2, 0) is 4.43 Å². The van der Waals surface area contributed by atoms with Crippen molar-refractivity contribution >= 4 is 22.0 Å². The van der Waals surface area contributed by atoms with E-state index in [1.54, 1.807) is 7.11 Å². The van der Waals surface area contributed by atoms with Crippen LogP contribution in [0.5, 0.6) is 11.5 Å². The summed E-state index contributed by atoms with van der Waals surface area (Å²) >= 11 is 0. The topological polar surface area (TPSA) is 27.7 Å². The zero-order valence-corrected chi connectivity index (χ0v) is 20.4. The second kappa shape index (κ2) is 9.33. The van der Waals surface area contributed by atoms with Gasteiger partial charge in [0.2, 0.25) is 8.32 Å². The maximum absolute atomic E-state index is 6.52. The van der Waals surface area contributed by atoms with Gasteiger partial charge in [0.1, 0.15) is 25.3 Å². The van der Waals surface area contributed by atoms with Gasteiger partial charge in [-0.25, -0.2) is 0 Å². The van der Waals surface area contributed by atoms with Crippen LogP contribution < -0.4 is 9.47 Å². The SMILES string of the molecule is CCCC[Si](C)(C)OC=C1c2ccc(OC)cc2OC1[Si](C)(C)CCCC. The van der Waals surface area contributed by atoms with E-state index in [9.17, 15) is 0 Å². The molecular weight excluding hydrogens is 368 g/mol. The minimum atomic E-state index is -1.69. The van der Waals surface area contributed by atoms with Gasteiger partial charge >= 0.3 is 0 Å². The van der Waals surface area contributed by atoms with Crippen LogP contribution in [0.3, 0.4) is 0 Å². The number of hydrogen-bond acceptors (Lipinski definition) is 3. The molecule has 1 atom stereocenters. The first-order valence-corrected chi connectivity index (χ1v) is 16.9. The number of methoxy groups -OCH3 is 1. The molecule has 0 aromatic heterocycles. The smallest absolute Gasteiger partial charge is 0.244 e. The Balaban J connectivity index is 2.34. The lowest BCUT2D eigenvalue weighted by Gasteiger charge is -2.30. The van der Waals surface area contributed by atoms with Crippen LogP contribution in [0.4, 0.5) is 0 Å². The van der Waals surface area contributed by atoms with Gasteiger partial charge in [-0.2, -0.15) is 0 Å². The Morgan fingerprint density at radius 1 is 1.04 bits per heavy atom. The maximum Gasteiger partial charge on any atom is 0.244 e. The van der Waals surface area contributed by atoms with Crippen LogP contribution in [0.15, 0.2) is 24.5 Å². The molecule has 0 radical (unpaired) electrons. The summed E-state index contributed by atoms with van der Waals surface area (Å²) in [4.78, 5) is 0. The van der Waals surface area contributed by atoms with Gasteiger partial charge in [0.25, 0.3) is 0 Å². The molecule has 1 aliphatic heterocycles. The standard InChI is InChI=1S/C22H38O3Si2/c1-8-10-14-26(4,5)22-20(17-24-27(6,7)15-11-9-2)19-13-12-18(23-3)16-21(19)25-22/h12-13,16-17,22H,8-11,14-15H2,1-7H3. The summed E-state index contributed by atoms with van der Waals surface area (Å²) < 4.78 is 18.4. The fourth-order valence-corrected chi connectivity index (χ4v) is 8.46. The number of benzene rings is 1. The van der Waals surface area contributed by atoms with Gasteiger partial charge in [-0.15, -0.1) is 0 Å². The normalized spacial score (nSPS) is 18.3. The van der Waals surface area contributed by atoms with Gasteiger partial charge in [0.15, 0.2) is 0 Å². The second-order valence-corrected chi connectivity index (χ2v) is 18.3. The highest BCUT2D eigenvalue weighted by Gasteiger charge is 2.42. The second-order valence-electron chi connectivity index (χ2n) is 9.01. The summed E-state index contributed by atoms with van der Waals surface area (Å²) in [5.74, 6) is 1.79. The van der Waals surface area contributed by atoms with Crippen LogP contribution in [0.25, 0.3) is 5.57 Å². The van der Waals surface area contributed by atoms with E-state index in [4.69, 9.17) is 13.9 Å². The first-order chi connectivity index (χ1) is 12.7. The first kappa shape index (κ1) is 22.1. The Morgan fingerprint density at radius 2 is 1.70 bits per heavy atom. The van der Waals surface area contributed by atoms with E-state index in [1.165, 1.54) is 48.9 Å². The van der Waals surface area contributed by atoms with E-state index < -0.39 is 16.4 Å². The summed E-state index contributed by atoms with van der Waals surface area (Å²) in [5.41, 5.74) is 2.58. The molecule has 2 rings (SSSR count). The molecule has 1 aliphatic rings. The molecule has 152 valence electrons. The Bertz CT molecular complexity index is 653. The molecule has 0 spiro atoms. The quantitative estimate of drug-likeness (QED) is 0.313. The summed E-state index contributed by atoms with van der Waals surface area (Å²) in [5, 5.41) is 0. The largest absolute Gasteiger partial charge is 0.549 e. The molecule has 0 saturated carbocycles. The third-order valence-corrected chi connectivity index (χ3v) is 11.4. The van der Waals surface area contributed by atoms with Crippen molar-refractivity contribution in [2.75, 3.05) is 7.11 Å². The molecular formula is C22H38O3Si2. The van der Waals surface area contributed by atoms with Crippen LogP contribution in [-0.4, -0.2) is 29.2 Å². The predicted octanol–water partition coefficient (Wildman–Crippen LogP) is 6.87. The van der Waals surface area contributed by atoms with E-state index in [2.05, 4.69) is 52.4 Å². The monoisotopic (exact) mass is 406 g/mol.